The lowest BCUT2D eigenvalue weighted by molar-refractivity contribution is -0.127. The largest absolute Gasteiger partial charge is 0.350 e. The Balaban J connectivity index is 2.87. The number of sulfonamides is 1. The molecule has 7 nitrogen and oxygen atoms in total. The van der Waals surface area contributed by atoms with Crippen molar-refractivity contribution in [3.8, 4) is 0 Å². The third-order valence-corrected chi connectivity index (χ3v) is 5.77. The zero-order chi connectivity index (χ0) is 21.5. The molecule has 0 aliphatic carbocycles. The van der Waals surface area contributed by atoms with Crippen molar-refractivity contribution in [3.63, 3.8) is 0 Å². The van der Waals surface area contributed by atoms with Crippen molar-refractivity contribution in [2.24, 2.45) is 0 Å². The third-order valence-electron chi connectivity index (χ3n) is 3.36. The Morgan fingerprint density at radius 3 is 2.46 bits per heavy atom. The Kier molecular flexibility index (Phi) is 9.19. The second kappa shape index (κ2) is 10.4. The van der Waals surface area contributed by atoms with Gasteiger partial charge in [-0.25, -0.2) is 12.8 Å². The average molecular weight is 454 g/mol. The standard InChI is InChI=1S/C17H25ClFN3O4S2/c1-17(2,3)21-15(23)10-20-16(24)14(7-8-27-4)22-28(25,26)11-5-6-13(19)12(18)9-11/h5-6,9,14,22H,7-8,10H2,1-4H3,(H,20,24)(H,21,23)/t14-/m1/s1. The Bertz CT molecular complexity index is 813. The molecule has 2 amide bonds. The lowest BCUT2D eigenvalue weighted by atomic mass is 10.1. The van der Waals surface area contributed by atoms with Gasteiger partial charge in [-0.1, -0.05) is 11.6 Å². The van der Waals surface area contributed by atoms with Crippen LogP contribution in [0.15, 0.2) is 23.1 Å². The van der Waals surface area contributed by atoms with E-state index < -0.39 is 39.2 Å². The van der Waals surface area contributed by atoms with Crippen LogP contribution >= 0.6 is 23.4 Å². The van der Waals surface area contributed by atoms with Crippen molar-refractivity contribution in [1.29, 1.82) is 0 Å². The fourth-order valence-corrected chi connectivity index (χ4v) is 4.10. The summed E-state index contributed by atoms with van der Waals surface area (Å²) in [7, 11) is -4.11. The van der Waals surface area contributed by atoms with E-state index >= 15 is 0 Å². The molecule has 1 atom stereocenters. The second-order valence-electron chi connectivity index (χ2n) is 7.05. The first-order valence-corrected chi connectivity index (χ1v) is 11.7. The molecular formula is C17H25ClFN3O4S2. The van der Waals surface area contributed by atoms with Crippen LogP contribution < -0.4 is 15.4 Å². The normalized spacial score (nSPS) is 13.1. The summed E-state index contributed by atoms with van der Waals surface area (Å²) in [6, 6.07) is 1.87. The summed E-state index contributed by atoms with van der Waals surface area (Å²) in [6.45, 7) is 5.12. The van der Waals surface area contributed by atoms with Gasteiger partial charge in [0.15, 0.2) is 0 Å². The van der Waals surface area contributed by atoms with Crippen molar-refractivity contribution < 1.29 is 22.4 Å². The summed E-state index contributed by atoms with van der Waals surface area (Å²) >= 11 is 7.09. The van der Waals surface area contributed by atoms with Crippen molar-refractivity contribution in [2.45, 2.75) is 43.7 Å². The predicted octanol–water partition coefficient (Wildman–Crippen LogP) is 1.91. The van der Waals surface area contributed by atoms with E-state index in [-0.39, 0.29) is 22.9 Å². The smallest absolute Gasteiger partial charge is 0.241 e. The molecule has 0 aromatic heterocycles. The molecule has 28 heavy (non-hydrogen) atoms. The summed E-state index contributed by atoms with van der Waals surface area (Å²) in [5.74, 6) is -1.26. The highest BCUT2D eigenvalue weighted by Crippen LogP contribution is 2.20. The van der Waals surface area contributed by atoms with E-state index in [0.717, 1.165) is 18.2 Å². The summed E-state index contributed by atoms with van der Waals surface area (Å²) in [5, 5.41) is 4.79. The van der Waals surface area contributed by atoms with Crippen LogP contribution in [0.1, 0.15) is 27.2 Å². The topological polar surface area (TPSA) is 104 Å². The van der Waals surface area contributed by atoms with E-state index in [0.29, 0.717) is 5.75 Å². The zero-order valence-electron chi connectivity index (χ0n) is 16.1. The first-order chi connectivity index (χ1) is 12.9. The number of carbonyl (C=O) groups excluding carboxylic acids is 2. The van der Waals surface area contributed by atoms with Crippen molar-refractivity contribution in [2.75, 3.05) is 18.6 Å². The van der Waals surface area contributed by atoms with Crippen LogP contribution in [0.4, 0.5) is 4.39 Å². The molecule has 0 saturated heterocycles. The highest BCUT2D eigenvalue weighted by Gasteiger charge is 2.26. The molecule has 0 bridgehead atoms. The van der Waals surface area contributed by atoms with Crippen molar-refractivity contribution in [1.82, 2.24) is 15.4 Å². The lowest BCUT2D eigenvalue weighted by Crippen LogP contribution is -2.51. The molecule has 0 aliphatic heterocycles. The number of benzene rings is 1. The minimum Gasteiger partial charge on any atom is -0.350 e. The van der Waals surface area contributed by atoms with Gasteiger partial charge in [0.25, 0.3) is 0 Å². The molecule has 1 rings (SSSR count). The minimum absolute atomic E-state index is 0.210. The van der Waals surface area contributed by atoms with Gasteiger partial charge in [-0.3, -0.25) is 9.59 Å². The van der Waals surface area contributed by atoms with E-state index in [1.807, 2.05) is 6.26 Å². The van der Waals surface area contributed by atoms with Gasteiger partial charge in [0.05, 0.1) is 16.5 Å². The summed E-state index contributed by atoms with van der Waals surface area (Å²) in [4.78, 5) is 24.0. The first kappa shape index (κ1) is 24.7. The predicted molar refractivity (Wildman–Crippen MR) is 109 cm³/mol. The Morgan fingerprint density at radius 2 is 1.93 bits per heavy atom. The summed E-state index contributed by atoms with van der Waals surface area (Å²) in [5.41, 5.74) is -0.455. The maximum atomic E-state index is 13.3. The zero-order valence-corrected chi connectivity index (χ0v) is 18.5. The Labute approximate surface area is 174 Å². The molecule has 1 aromatic carbocycles. The highest BCUT2D eigenvalue weighted by molar-refractivity contribution is 7.98. The van der Waals surface area contributed by atoms with Gasteiger partial charge >= 0.3 is 0 Å². The second-order valence-corrected chi connectivity index (χ2v) is 10.2. The molecule has 0 fully saturated rings. The molecule has 1 aromatic rings. The van der Waals surface area contributed by atoms with Crippen LogP contribution in [-0.4, -0.2) is 50.4 Å². The fraction of sp³-hybridized carbons (Fsp3) is 0.529. The minimum atomic E-state index is -4.11. The van der Waals surface area contributed by atoms with Gasteiger partial charge < -0.3 is 10.6 Å². The summed E-state index contributed by atoms with van der Waals surface area (Å²) < 4.78 is 40.7. The number of amides is 2. The number of hydrogen-bond donors (Lipinski definition) is 3. The molecule has 0 aliphatic rings. The maximum Gasteiger partial charge on any atom is 0.241 e. The first-order valence-electron chi connectivity index (χ1n) is 8.41. The van der Waals surface area contributed by atoms with E-state index in [4.69, 9.17) is 11.6 Å². The molecule has 0 radical (unpaired) electrons. The average Bonchev–Trinajstić information content (AvgIpc) is 2.57. The number of carbonyl (C=O) groups is 2. The van der Waals surface area contributed by atoms with Crippen LogP contribution in [0.2, 0.25) is 5.02 Å². The van der Waals surface area contributed by atoms with Crippen LogP contribution in [0, 0.1) is 5.82 Å². The lowest BCUT2D eigenvalue weighted by Gasteiger charge is -2.22. The van der Waals surface area contributed by atoms with E-state index in [2.05, 4.69) is 15.4 Å². The number of hydrogen-bond acceptors (Lipinski definition) is 5. The monoisotopic (exact) mass is 453 g/mol. The van der Waals surface area contributed by atoms with Gasteiger partial charge in [-0.15, -0.1) is 0 Å². The number of nitrogens with one attached hydrogen (secondary N) is 3. The molecule has 158 valence electrons. The molecule has 0 unspecified atom stereocenters. The van der Waals surface area contributed by atoms with E-state index in [9.17, 15) is 22.4 Å². The van der Waals surface area contributed by atoms with Crippen LogP contribution in [0.25, 0.3) is 0 Å². The van der Waals surface area contributed by atoms with E-state index in [1.165, 1.54) is 11.8 Å². The van der Waals surface area contributed by atoms with Gasteiger partial charge in [0.2, 0.25) is 21.8 Å². The number of halogens is 2. The van der Waals surface area contributed by atoms with E-state index in [1.54, 1.807) is 20.8 Å². The molecule has 0 saturated carbocycles. The van der Waals surface area contributed by atoms with Gasteiger partial charge in [0.1, 0.15) is 11.9 Å². The fourth-order valence-electron chi connectivity index (χ4n) is 2.13. The van der Waals surface area contributed by atoms with Crippen LogP contribution in [0.3, 0.4) is 0 Å². The molecular weight excluding hydrogens is 429 g/mol. The number of thioether (sulfide) groups is 1. The molecule has 11 heteroatoms. The van der Waals surface area contributed by atoms with Gasteiger partial charge in [-0.05, 0) is 57.4 Å². The highest BCUT2D eigenvalue weighted by atomic mass is 35.5. The van der Waals surface area contributed by atoms with Gasteiger partial charge in [0, 0.05) is 5.54 Å². The number of rotatable bonds is 9. The quantitative estimate of drug-likeness (QED) is 0.529. The molecule has 0 heterocycles. The molecule has 0 spiro atoms. The van der Waals surface area contributed by atoms with Crippen LogP contribution in [0.5, 0.6) is 0 Å². The SMILES string of the molecule is CSCC[C@@H](NS(=O)(=O)c1ccc(F)c(Cl)c1)C(=O)NCC(=O)NC(C)(C)C. The van der Waals surface area contributed by atoms with Crippen LogP contribution in [-0.2, 0) is 19.6 Å². The maximum absolute atomic E-state index is 13.3. The van der Waals surface area contributed by atoms with Gasteiger partial charge in [-0.2, -0.15) is 16.5 Å². The molecule has 3 N–H and O–H groups in total. The van der Waals surface area contributed by atoms with Crippen molar-refractivity contribution >= 4 is 45.2 Å². The summed E-state index contributed by atoms with van der Waals surface area (Å²) in [6.07, 6.45) is 2.03. The Hall–Kier alpha value is -1.36. The Morgan fingerprint density at radius 1 is 1.29 bits per heavy atom. The van der Waals surface area contributed by atoms with Crippen molar-refractivity contribution in [3.05, 3.63) is 29.0 Å². The third kappa shape index (κ3) is 8.34.